The summed E-state index contributed by atoms with van der Waals surface area (Å²) >= 11 is 0. The van der Waals surface area contributed by atoms with E-state index in [1.165, 1.54) is 12.8 Å². The molecular weight excluding hydrogens is 448 g/mol. The monoisotopic (exact) mass is 488 g/mol. The number of aryl methyl sites for hydroxylation is 1. The maximum atomic E-state index is 9.94. The summed E-state index contributed by atoms with van der Waals surface area (Å²) in [7, 11) is 3.22. The molecule has 5 heteroatoms. The third-order valence-corrected chi connectivity index (χ3v) is 7.19. The number of phenols is 1. The molecule has 4 rings (SSSR count). The van der Waals surface area contributed by atoms with Gasteiger partial charge in [-0.1, -0.05) is 46.6 Å². The molecule has 36 heavy (non-hydrogen) atoms. The van der Waals surface area contributed by atoms with Gasteiger partial charge in [-0.25, -0.2) is 9.97 Å². The van der Waals surface area contributed by atoms with Crippen LogP contribution < -0.4 is 9.47 Å². The Morgan fingerprint density at radius 2 is 1.58 bits per heavy atom. The second-order valence-corrected chi connectivity index (χ2v) is 9.83. The molecule has 2 atom stereocenters. The van der Waals surface area contributed by atoms with Crippen LogP contribution in [0.1, 0.15) is 63.3 Å². The zero-order valence-electron chi connectivity index (χ0n) is 22.8. The Kier molecular flexibility index (Phi) is 9.14. The first kappa shape index (κ1) is 27.3. The van der Waals surface area contributed by atoms with Crippen molar-refractivity contribution < 1.29 is 14.6 Å². The standard InChI is InChI=1S/C25H28N2O3.C6H12/c1-7-8-15(2)23-17(4)24(18-9-11-20(28)16(3)13-18)27-25(26-23)19-10-12-21(29-5)22(14-19)30-6;1-5-3-4-6(5)2/h9-14,28H,2,7-8H2,1,3-6H3;5-6H,3-4H2,1-2H3/t;5-,6?/m.1/s1. The molecule has 0 radical (unpaired) electrons. The Morgan fingerprint density at radius 1 is 0.944 bits per heavy atom. The van der Waals surface area contributed by atoms with Gasteiger partial charge in [-0.15, -0.1) is 0 Å². The lowest BCUT2D eigenvalue weighted by Crippen LogP contribution is -2.18. The second-order valence-electron chi connectivity index (χ2n) is 9.83. The van der Waals surface area contributed by atoms with Crippen LogP contribution in [-0.2, 0) is 0 Å². The molecule has 3 aromatic rings. The first-order valence-corrected chi connectivity index (χ1v) is 12.8. The van der Waals surface area contributed by atoms with Gasteiger partial charge in [0.05, 0.1) is 25.6 Å². The van der Waals surface area contributed by atoms with Gasteiger partial charge in [0.2, 0.25) is 0 Å². The highest BCUT2D eigenvalue weighted by molar-refractivity contribution is 5.75. The second kappa shape index (κ2) is 12.1. The fraction of sp³-hybridized carbons (Fsp3) is 0.419. The molecule has 1 heterocycles. The smallest absolute Gasteiger partial charge is 0.161 e. The van der Waals surface area contributed by atoms with E-state index in [4.69, 9.17) is 19.4 Å². The molecule has 0 bridgehead atoms. The van der Waals surface area contributed by atoms with Crippen molar-refractivity contribution in [1.29, 1.82) is 0 Å². The van der Waals surface area contributed by atoms with Gasteiger partial charge in [0.15, 0.2) is 17.3 Å². The summed E-state index contributed by atoms with van der Waals surface area (Å²) < 4.78 is 10.8. The van der Waals surface area contributed by atoms with Crippen LogP contribution in [0.2, 0.25) is 0 Å². The number of nitrogens with zero attached hydrogens (tertiary/aromatic N) is 2. The number of methoxy groups -OCH3 is 2. The molecule has 0 amide bonds. The lowest BCUT2D eigenvalue weighted by molar-refractivity contribution is 0.219. The Bertz CT molecular complexity index is 1210. The molecule has 0 saturated heterocycles. The molecule has 1 N–H and O–H groups in total. The predicted octanol–water partition coefficient (Wildman–Crippen LogP) is 8.02. The van der Waals surface area contributed by atoms with Crippen molar-refractivity contribution in [1.82, 2.24) is 9.97 Å². The van der Waals surface area contributed by atoms with E-state index in [1.54, 1.807) is 20.3 Å². The molecule has 0 aliphatic heterocycles. The van der Waals surface area contributed by atoms with Gasteiger partial charge >= 0.3 is 0 Å². The predicted molar refractivity (Wildman–Crippen MR) is 149 cm³/mol. The van der Waals surface area contributed by atoms with E-state index in [1.807, 2.05) is 44.2 Å². The SMILES string of the molecule is C=C(CCC)c1nc(-c2ccc(OC)c(OC)c2)nc(-c2ccc(O)c(C)c2)c1C.CC1CC[C@H]1C. The summed E-state index contributed by atoms with van der Waals surface area (Å²) in [6.45, 7) is 14.9. The van der Waals surface area contributed by atoms with E-state index in [-0.39, 0.29) is 5.75 Å². The number of ether oxygens (including phenoxy) is 2. The first-order valence-electron chi connectivity index (χ1n) is 12.8. The average molecular weight is 489 g/mol. The maximum Gasteiger partial charge on any atom is 0.161 e. The first-order chi connectivity index (χ1) is 17.2. The number of allylic oxidation sites excluding steroid dienone is 1. The van der Waals surface area contributed by atoms with Crippen LogP contribution in [0.25, 0.3) is 28.2 Å². The van der Waals surface area contributed by atoms with E-state index in [9.17, 15) is 5.11 Å². The van der Waals surface area contributed by atoms with Crippen molar-refractivity contribution in [2.24, 2.45) is 11.8 Å². The highest BCUT2D eigenvalue weighted by Crippen LogP contribution is 2.35. The lowest BCUT2D eigenvalue weighted by atomic mass is 9.77. The summed E-state index contributed by atoms with van der Waals surface area (Å²) in [6.07, 6.45) is 4.79. The number of benzene rings is 2. The summed E-state index contributed by atoms with van der Waals surface area (Å²) in [5.41, 5.74) is 6.20. The van der Waals surface area contributed by atoms with Gasteiger partial charge in [-0.2, -0.15) is 0 Å². The van der Waals surface area contributed by atoms with Crippen molar-refractivity contribution in [3.63, 3.8) is 0 Å². The number of aromatic hydroxyl groups is 1. The van der Waals surface area contributed by atoms with E-state index >= 15 is 0 Å². The van der Waals surface area contributed by atoms with E-state index < -0.39 is 0 Å². The van der Waals surface area contributed by atoms with Gasteiger partial charge in [-0.05, 0) is 79.6 Å². The summed E-state index contributed by atoms with van der Waals surface area (Å²) in [5.74, 6) is 4.19. The molecular formula is C31H40N2O3. The van der Waals surface area contributed by atoms with Crippen LogP contribution in [0, 0.1) is 25.7 Å². The van der Waals surface area contributed by atoms with Gasteiger partial charge in [0.25, 0.3) is 0 Å². The quantitative estimate of drug-likeness (QED) is 0.365. The van der Waals surface area contributed by atoms with Crippen LogP contribution in [-0.4, -0.2) is 29.3 Å². The minimum absolute atomic E-state index is 0.265. The van der Waals surface area contributed by atoms with Crippen molar-refractivity contribution in [3.8, 4) is 39.9 Å². The number of rotatable bonds is 7. The summed E-state index contributed by atoms with van der Waals surface area (Å²) in [5, 5.41) is 9.94. The molecule has 1 fully saturated rings. The highest BCUT2D eigenvalue weighted by Gasteiger charge is 2.21. The van der Waals surface area contributed by atoms with Crippen LogP contribution in [0.3, 0.4) is 0 Å². The van der Waals surface area contributed by atoms with E-state index in [2.05, 4.69) is 27.4 Å². The number of aromatic nitrogens is 2. The van der Waals surface area contributed by atoms with Gasteiger partial charge in [0.1, 0.15) is 5.75 Å². The Morgan fingerprint density at radius 3 is 2.11 bits per heavy atom. The van der Waals surface area contributed by atoms with Crippen molar-refractivity contribution in [2.75, 3.05) is 14.2 Å². The topological polar surface area (TPSA) is 64.5 Å². The molecule has 1 aromatic heterocycles. The molecule has 0 spiro atoms. The molecule has 1 aliphatic carbocycles. The zero-order valence-corrected chi connectivity index (χ0v) is 22.8. The Labute approximate surface area is 216 Å². The van der Waals surface area contributed by atoms with Gasteiger partial charge in [-0.3, -0.25) is 0 Å². The van der Waals surface area contributed by atoms with Gasteiger partial charge < -0.3 is 14.6 Å². The minimum Gasteiger partial charge on any atom is -0.508 e. The summed E-state index contributed by atoms with van der Waals surface area (Å²) in [4.78, 5) is 9.75. The average Bonchev–Trinajstić information content (AvgIpc) is 2.89. The van der Waals surface area contributed by atoms with Crippen LogP contribution in [0.4, 0.5) is 0 Å². The molecule has 1 aliphatic rings. The normalized spacial score (nSPS) is 16.4. The van der Waals surface area contributed by atoms with Gasteiger partial charge in [0, 0.05) is 16.7 Å². The largest absolute Gasteiger partial charge is 0.508 e. The van der Waals surface area contributed by atoms with Crippen LogP contribution in [0.5, 0.6) is 17.2 Å². The fourth-order valence-electron chi connectivity index (χ4n) is 4.30. The molecule has 1 unspecified atom stereocenters. The molecule has 2 aromatic carbocycles. The Balaban J connectivity index is 0.000000526. The number of phenolic OH excluding ortho intramolecular Hbond substituents is 1. The highest BCUT2D eigenvalue weighted by atomic mass is 16.5. The molecule has 192 valence electrons. The third-order valence-electron chi connectivity index (χ3n) is 7.19. The number of hydrogen-bond acceptors (Lipinski definition) is 5. The molecule has 1 saturated carbocycles. The zero-order chi connectivity index (χ0) is 26.4. The maximum absolute atomic E-state index is 9.94. The van der Waals surface area contributed by atoms with Crippen LogP contribution in [0.15, 0.2) is 43.0 Å². The third kappa shape index (κ3) is 6.07. The Hall–Kier alpha value is -3.34. The fourth-order valence-corrected chi connectivity index (χ4v) is 4.30. The lowest BCUT2D eigenvalue weighted by Gasteiger charge is -2.29. The van der Waals surface area contributed by atoms with Crippen molar-refractivity contribution in [3.05, 3.63) is 59.8 Å². The summed E-state index contributed by atoms with van der Waals surface area (Å²) in [6, 6.07) is 11.2. The molecule has 5 nitrogen and oxygen atoms in total. The van der Waals surface area contributed by atoms with Crippen molar-refractivity contribution >= 4 is 5.57 Å². The van der Waals surface area contributed by atoms with E-state index in [0.29, 0.717) is 17.3 Å². The number of hydrogen-bond donors (Lipinski definition) is 1. The minimum atomic E-state index is 0.265. The van der Waals surface area contributed by atoms with Crippen molar-refractivity contribution in [2.45, 2.75) is 60.3 Å². The van der Waals surface area contributed by atoms with Crippen LogP contribution >= 0.6 is 0 Å². The van der Waals surface area contributed by atoms with E-state index in [0.717, 1.165) is 63.9 Å².